The fraction of sp³-hybridized carbons (Fsp3) is 0. The molecule has 24 heavy (non-hydrogen) atoms. The number of aromatic nitrogens is 1. The number of hydrogen-bond acceptors (Lipinski definition) is 4. The summed E-state index contributed by atoms with van der Waals surface area (Å²) >= 11 is 0. The van der Waals surface area contributed by atoms with Gasteiger partial charge < -0.3 is 5.32 Å². The summed E-state index contributed by atoms with van der Waals surface area (Å²) in [6.07, 6.45) is 4.51. The Hall–Kier alpha value is -3.54. The van der Waals surface area contributed by atoms with E-state index in [9.17, 15) is 9.59 Å². The monoisotopic (exact) mass is 318 g/mol. The van der Waals surface area contributed by atoms with E-state index in [-0.39, 0.29) is 0 Å². The number of rotatable bonds is 3. The van der Waals surface area contributed by atoms with E-state index in [0.29, 0.717) is 5.69 Å². The first-order chi connectivity index (χ1) is 11.7. The molecular weight excluding hydrogens is 304 g/mol. The number of anilines is 1. The summed E-state index contributed by atoms with van der Waals surface area (Å²) < 4.78 is 0. The van der Waals surface area contributed by atoms with E-state index in [1.807, 2.05) is 42.5 Å². The SMILES string of the molecule is O=C(N/N=C/c1ccc2ccccc2c1)C(=O)Nc1cccnc1. The minimum atomic E-state index is -0.851. The molecular formula is C18H14N4O2. The van der Waals surface area contributed by atoms with Gasteiger partial charge in [0.2, 0.25) is 0 Å². The Morgan fingerprint density at radius 1 is 0.958 bits per heavy atom. The standard InChI is InChI=1S/C18H14N4O2/c23-17(21-16-6-3-9-19-12-16)18(24)22-20-11-13-7-8-14-4-1-2-5-15(14)10-13/h1-12H,(H,21,23)(H,22,24)/b20-11+. The zero-order valence-corrected chi connectivity index (χ0v) is 12.6. The maximum absolute atomic E-state index is 11.7. The number of nitrogens with one attached hydrogen (secondary N) is 2. The van der Waals surface area contributed by atoms with Crippen molar-refractivity contribution in [3.63, 3.8) is 0 Å². The number of pyridine rings is 1. The Morgan fingerprint density at radius 2 is 1.79 bits per heavy atom. The molecule has 6 nitrogen and oxygen atoms in total. The number of carbonyl (C=O) groups excluding carboxylic acids is 2. The van der Waals surface area contributed by atoms with E-state index < -0.39 is 11.8 Å². The van der Waals surface area contributed by atoms with Crippen molar-refractivity contribution in [1.29, 1.82) is 0 Å². The van der Waals surface area contributed by atoms with Crippen molar-refractivity contribution in [2.45, 2.75) is 0 Å². The molecule has 0 aliphatic heterocycles. The van der Waals surface area contributed by atoms with Crippen LogP contribution in [0.3, 0.4) is 0 Å². The average molecular weight is 318 g/mol. The van der Waals surface area contributed by atoms with Crippen molar-refractivity contribution in [1.82, 2.24) is 10.4 Å². The molecule has 0 aliphatic carbocycles. The summed E-state index contributed by atoms with van der Waals surface area (Å²) in [6.45, 7) is 0. The molecule has 0 unspecified atom stereocenters. The van der Waals surface area contributed by atoms with Crippen LogP contribution >= 0.6 is 0 Å². The quantitative estimate of drug-likeness (QED) is 0.441. The van der Waals surface area contributed by atoms with Gasteiger partial charge in [-0.15, -0.1) is 0 Å². The molecule has 3 rings (SSSR count). The second kappa shape index (κ2) is 7.15. The van der Waals surface area contributed by atoms with Crippen LogP contribution in [0, 0.1) is 0 Å². The van der Waals surface area contributed by atoms with Gasteiger partial charge in [-0.25, -0.2) is 5.43 Å². The molecule has 0 radical (unpaired) electrons. The van der Waals surface area contributed by atoms with E-state index in [0.717, 1.165) is 16.3 Å². The van der Waals surface area contributed by atoms with Gasteiger partial charge in [0.25, 0.3) is 0 Å². The molecule has 1 heterocycles. The zero-order chi connectivity index (χ0) is 16.8. The molecule has 0 atom stereocenters. The van der Waals surface area contributed by atoms with Crippen LogP contribution in [-0.2, 0) is 9.59 Å². The molecule has 0 bridgehead atoms. The number of hydrogen-bond donors (Lipinski definition) is 2. The summed E-state index contributed by atoms with van der Waals surface area (Å²) in [4.78, 5) is 27.2. The lowest BCUT2D eigenvalue weighted by molar-refractivity contribution is -0.136. The molecule has 0 saturated heterocycles. The lowest BCUT2D eigenvalue weighted by Crippen LogP contribution is -2.32. The highest BCUT2D eigenvalue weighted by Gasteiger charge is 2.12. The van der Waals surface area contributed by atoms with E-state index >= 15 is 0 Å². The van der Waals surface area contributed by atoms with Crippen LogP contribution in [0.5, 0.6) is 0 Å². The first-order valence-electron chi connectivity index (χ1n) is 7.25. The number of nitrogens with zero attached hydrogens (tertiary/aromatic N) is 2. The number of fused-ring (bicyclic) bond motifs is 1. The molecule has 2 amide bonds. The predicted octanol–water partition coefficient (Wildman–Crippen LogP) is 2.32. The Bertz CT molecular complexity index is 907. The van der Waals surface area contributed by atoms with Crippen molar-refractivity contribution < 1.29 is 9.59 Å². The van der Waals surface area contributed by atoms with Crippen LogP contribution in [0.25, 0.3) is 10.8 Å². The molecule has 0 fully saturated rings. The van der Waals surface area contributed by atoms with E-state index in [4.69, 9.17) is 0 Å². The molecule has 1 aromatic heterocycles. The fourth-order valence-electron chi connectivity index (χ4n) is 2.13. The molecule has 2 aromatic carbocycles. The first-order valence-corrected chi connectivity index (χ1v) is 7.25. The second-order valence-electron chi connectivity index (χ2n) is 5.00. The third-order valence-corrected chi connectivity index (χ3v) is 3.28. The van der Waals surface area contributed by atoms with Gasteiger partial charge in [-0.2, -0.15) is 5.10 Å². The Morgan fingerprint density at radius 3 is 2.58 bits per heavy atom. The molecule has 6 heteroatoms. The maximum atomic E-state index is 11.7. The van der Waals surface area contributed by atoms with Crippen LogP contribution in [0.2, 0.25) is 0 Å². The third kappa shape index (κ3) is 3.80. The Balaban J connectivity index is 1.60. The highest BCUT2D eigenvalue weighted by atomic mass is 16.2. The summed E-state index contributed by atoms with van der Waals surface area (Å²) in [6, 6.07) is 17.0. The normalized spacial score (nSPS) is 10.7. The largest absolute Gasteiger partial charge is 0.329 e. The number of benzene rings is 2. The first kappa shape index (κ1) is 15.4. The van der Waals surface area contributed by atoms with Crippen molar-refractivity contribution in [3.8, 4) is 0 Å². The van der Waals surface area contributed by atoms with Gasteiger partial charge in [0.15, 0.2) is 0 Å². The summed E-state index contributed by atoms with van der Waals surface area (Å²) in [7, 11) is 0. The molecule has 118 valence electrons. The summed E-state index contributed by atoms with van der Waals surface area (Å²) in [5, 5.41) is 8.43. The van der Waals surface area contributed by atoms with Crippen LogP contribution < -0.4 is 10.7 Å². The lowest BCUT2D eigenvalue weighted by atomic mass is 10.1. The van der Waals surface area contributed by atoms with Gasteiger partial charge in [-0.1, -0.05) is 36.4 Å². The lowest BCUT2D eigenvalue weighted by Gasteiger charge is -2.02. The van der Waals surface area contributed by atoms with Crippen LogP contribution in [0.15, 0.2) is 72.1 Å². The second-order valence-corrected chi connectivity index (χ2v) is 5.00. The average Bonchev–Trinajstić information content (AvgIpc) is 2.62. The van der Waals surface area contributed by atoms with Crippen molar-refractivity contribution in [2.75, 3.05) is 5.32 Å². The minimum Gasteiger partial charge on any atom is -0.316 e. The van der Waals surface area contributed by atoms with Gasteiger partial charge in [0.05, 0.1) is 18.1 Å². The Labute approximate surface area is 138 Å². The van der Waals surface area contributed by atoms with E-state index in [1.54, 1.807) is 18.3 Å². The van der Waals surface area contributed by atoms with Gasteiger partial charge in [0, 0.05) is 6.20 Å². The number of carbonyl (C=O) groups is 2. The van der Waals surface area contributed by atoms with Gasteiger partial charge >= 0.3 is 11.8 Å². The fourth-order valence-corrected chi connectivity index (χ4v) is 2.13. The molecule has 0 saturated carbocycles. The number of amides is 2. The van der Waals surface area contributed by atoms with Crippen molar-refractivity contribution in [2.24, 2.45) is 5.10 Å². The van der Waals surface area contributed by atoms with E-state index in [1.165, 1.54) is 12.4 Å². The third-order valence-electron chi connectivity index (χ3n) is 3.28. The van der Waals surface area contributed by atoms with Gasteiger partial charge in [0.1, 0.15) is 0 Å². The highest BCUT2D eigenvalue weighted by molar-refractivity contribution is 6.39. The smallest absolute Gasteiger partial charge is 0.316 e. The summed E-state index contributed by atoms with van der Waals surface area (Å²) in [5.41, 5.74) is 3.46. The molecule has 2 N–H and O–H groups in total. The van der Waals surface area contributed by atoms with Crippen molar-refractivity contribution in [3.05, 3.63) is 72.6 Å². The minimum absolute atomic E-state index is 0.441. The Kier molecular flexibility index (Phi) is 4.57. The topological polar surface area (TPSA) is 83.5 Å². The van der Waals surface area contributed by atoms with Gasteiger partial charge in [-0.05, 0) is 34.5 Å². The highest BCUT2D eigenvalue weighted by Crippen LogP contribution is 2.14. The predicted molar refractivity (Wildman–Crippen MR) is 92.6 cm³/mol. The number of hydrazone groups is 1. The van der Waals surface area contributed by atoms with Crippen molar-refractivity contribution >= 4 is 34.5 Å². The van der Waals surface area contributed by atoms with Gasteiger partial charge in [-0.3, -0.25) is 14.6 Å². The van der Waals surface area contributed by atoms with Crippen LogP contribution in [0.1, 0.15) is 5.56 Å². The van der Waals surface area contributed by atoms with E-state index in [2.05, 4.69) is 20.8 Å². The zero-order valence-electron chi connectivity index (χ0n) is 12.6. The summed E-state index contributed by atoms with van der Waals surface area (Å²) in [5.74, 6) is -1.66. The molecule has 0 aliphatic rings. The molecule has 3 aromatic rings. The molecule has 0 spiro atoms. The van der Waals surface area contributed by atoms with Crippen LogP contribution in [-0.4, -0.2) is 23.0 Å². The maximum Gasteiger partial charge on any atom is 0.329 e. The van der Waals surface area contributed by atoms with Crippen LogP contribution in [0.4, 0.5) is 5.69 Å².